The van der Waals surface area contributed by atoms with E-state index in [2.05, 4.69) is 5.32 Å². The summed E-state index contributed by atoms with van der Waals surface area (Å²) in [4.78, 5) is 11.5. The summed E-state index contributed by atoms with van der Waals surface area (Å²) >= 11 is 0. The van der Waals surface area contributed by atoms with Crippen LogP contribution < -0.4 is 11.1 Å². The van der Waals surface area contributed by atoms with Crippen LogP contribution in [0.15, 0.2) is 0 Å². The first-order valence-corrected chi connectivity index (χ1v) is 7.28. The molecule has 3 N–H and O–H groups in total. The lowest BCUT2D eigenvalue weighted by Crippen LogP contribution is -2.45. The van der Waals surface area contributed by atoms with Gasteiger partial charge in [-0.3, -0.25) is 4.79 Å². The van der Waals surface area contributed by atoms with E-state index in [0.717, 1.165) is 19.3 Å². The molecule has 0 aliphatic heterocycles. The number of carbonyl (C=O) groups is 1. The Kier molecular flexibility index (Phi) is 8.02. The molecule has 0 heterocycles. The first-order chi connectivity index (χ1) is 9.16. The minimum atomic E-state index is -0.229. The van der Waals surface area contributed by atoms with Crippen LogP contribution in [0.3, 0.4) is 0 Å². The average Bonchev–Trinajstić information content (AvgIpc) is 2.60. The normalized spacial score (nSPS) is 18.8. The molecule has 1 aliphatic carbocycles. The predicted octanol–water partition coefficient (Wildman–Crippen LogP) is 1.21. The monoisotopic (exact) mass is 272 g/mol. The van der Waals surface area contributed by atoms with E-state index in [1.165, 1.54) is 25.7 Å². The van der Waals surface area contributed by atoms with Crippen LogP contribution in [0.1, 0.15) is 44.9 Å². The fourth-order valence-electron chi connectivity index (χ4n) is 2.42. The molecule has 1 saturated carbocycles. The van der Waals surface area contributed by atoms with Crippen molar-refractivity contribution in [3.05, 3.63) is 0 Å². The third-order valence-corrected chi connectivity index (χ3v) is 3.57. The van der Waals surface area contributed by atoms with Crippen molar-refractivity contribution in [1.29, 1.82) is 0 Å². The number of nitrogens with two attached hydrogens (primary N) is 1. The van der Waals surface area contributed by atoms with E-state index in [1.54, 1.807) is 7.11 Å². The van der Waals surface area contributed by atoms with Crippen LogP contribution in [0, 0.1) is 0 Å². The topological polar surface area (TPSA) is 73.6 Å². The largest absolute Gasteiger partial charge is 0.385 e. The molecule has 5 nitrogen and oxygen atoms in total. The number of hydrogen-bond donors (Lipinski definition) is 2. The highest BCUT2D eigenvalue weighted by atomic mass is 16.5. The van der Waals surface area contributed by atoms with Gasteiger partial charge in [-0.15, -0.1) is 0 Å². The zero-order valence-corrected chi connectivity index (χ0v) is 12.1. The molecule has 0 aromatic rings. The van der Waals surface area contributed by atoms with Gasteiger partial charge in [-0.2, -0.15) is 0 Å². The summed E-state index contributed by atoms with van der Waals surface area (Å²) in [6, 6.07) is 0. The number of nitrogens with one attached hydrogen (secondary N) is 1. The summed E-state index contributed by atoms with van der Waals surface area (Å²) in [5, 5.41) is 2.80. The van der Waals surface area contributed by atoms with Gasteiger partial charge in [0.1, 0.15) is 6.61 Å². The first kappa shape index (κ1) is 16.4. The fourth-order valence-corrected chi connectivity index (χ4v) is 2.42. The molecule has 1 rings (SSSR count). The highest BCUT2D eigenvalue weighted by Crippen LogP contribution is 2.24. The molecule has 1 fully saturated rings. The van der Waals surface area contributed by atoms with Gasteiger partial charge in [0.2, 0.25) is 5.91 Å². The standard InChI is InChI=1S/C14H28N2O3/c1-18-10-6-9-16-13(17)11-19-12-14(15)7-4-2-3-5-8-14/h2-12,15H2,1H3,(H,16,17). The van der Waals surface area contributed by atoms with E-state index in [4.69, 9.17) is 15.2 Å². The third kappa shape index (κ3) is 7.50. The maximum Gasteiger partial charge on any atom is 0.246 e. The quantitative estimate of drug-likeness (QED) is 0.514. The Morgan fingerprint density at radius 2 is 1.95 bits per heavy atom. The summed E-state index contributed by atoms with van der Waals surface area (Å²) in [6.07, 6.45) is 7.69. The Hall–Kier alpha value is -0.650. The molecule has 0 saturated heterocycles. The highest BCUT2D eigenvalue weighted by Gasteiger charge is 2.26. The maximum atomic E-state index is 11.5. The Balaban J connectivity index is 2.09. The minimum Gasteiger partial charge on any atom is -0.385 e. The van der Waals surface area contributed by atoms with E-state index in [1.807, 2.05) is 0 Å². The van der Waals surface area contributed by atoms with Crippen molar-refractivity contribution in [1.82, 2.24) is 5.32 Å². The molecule has 112 valence electrons. The Labute approximate surface area is 116 Å². The van der Waals surface area contributed by atoms with E-state index in [0.29, 0.717) is 19.8 Å². The number of rotatable bonds is 8. The van der Waals surface area contributed by atoms with Crippen molar-refractivity contribution in [3.8, 4) is 0 Å². The van der Waals surface area contributed by atoms with Gasteiger partial charge < -0.3 is 20.5 Å². The zero-order chi connectivity index (χ0) is 14.0. The predicted molar refractivity (Wildman–Crippen MR) is 74.9 cm³/mol. The summed E-state index contributed by atoms with van der Waals surface area (Å²) in [7, 11) is 1.65. The van der Waals surface area contributed by atoms with Crippen molar-refractivity contribution < 1.29 is 14.3 Å². The second-order valence-electron chi connectivity index (χ2n) is 5.47. The summed E-state index contributed by atoms with van der Waals surface area (Å²) in [6.45, 7) is 1.88. The number of ether oxygens (including phenoxy) is 2. The molecule has 5 heteroatoms. The summed E-state index contributed by atoms with van der Waals surface area (Å²) in [5.74, 6) is -0.0756. The van der Waals surface area contributed by atoms with Gasteiger partial charge in [0.05, 0.1) is 6.61 Å². The molecule has 0 spiro atoms. The van der Waals surface area contributed by atoms with Crippen LogP contribution in [0.4, 0.5) is 0 Å². The van der Waals surface area contributed by atoms with Crippen LogP contribution in [-0.2, 0) is 14.3 Å². The number of carbonyl (C=O) groups excluding carboxylic acids is 1. The molecule has 1 aliphatic rings. The van der Waals surface area contributed by atoms with Crippen LogP contribution in [0.5, 0.6) is 0 Å². The van der Waals surface area contributed by atoms with Crippen LogP contribution in [0.2, 0.25) is 0 Å². The van der Waals surface area contributed by atoms with Crippen molar-refractivity contribution >= 4 is 5.91 Å². The molecule has 0 atom stereocenters. The van der Waals surface area contributed by atoms with Crippen molar-refractivity contribution in [2.45, 2.75) is 50.5 Å². The maximum absolute atomic E-state index is 11.5. The molecule has 0 unspecified atom stereocenters. The molecule has 1 amide bonds. The summed E-state index contributed by atoms with van der Waals surface area (Å²) < 4.78 is 10.4. The lowest BCUT2D eigenvalue weighted by Gasteiger charge is -2.27. The summed E-state index contributed by atoms with van der Waals surface area (Å²) in [5.41, 5.74) is 6.08. The van der Waals surface area contributed by atoms with E-state index in [-0.39, 0.29) is 18.1 Å². The van der Waals surface area contributed by atoms with Gasteiger partial charge in [-0.1, -0.05) is 25.7 Å². The molecule has 0 aromatic carbocycles. The number of methoxy groups -OCH3 is 1. The second kappa shape index (κ2) is 9.28. The van der Waals surface area contributed by atoms with E-state index in [9.17, 15) is 4.79 Å². The highest BCUT2D eigenvalue weighted by molar-refractivity contribution is 5.77. The molecule has 0 bridgehead atoms. The van der Waals surface area contributed by atoms with Crippen molar-refractivity contribution in [2.75, 3.05) is 33.5 Å². The van der Waals surface area contributed by atoms with Gasteiger partial charge in [-0.25, -0.2) is 0 Å². The lowest BCUT2D eigenvalue weighted by molar-refractivity contribution is -0.126. The smallest absolute Gasteiger partial charge is 0.246 e. The Morgan fingerprint density at radius 3 is 2.58 bits per heavy atom. The van der Waals surface area contributed by atoms with Crippen molar-refractivity contribution in [2.24, 2.45) is 5.73 Å². The number of hydrogen-bond acceptors (Lipinski definition) is 4. The second-order valence-corrected chi connectivity index (χ2v) is 5.47. The van der Waals surface area contributed by atoms with Crippen LogP contribution in [-0.4, -0.2) is 44.9 Å². The van der Waals surface area contributed by atoms with Gasteiger partial charge >= 0.3 is 0 Å². The minimum absolute atomic E-state index is 0.0756. The SMILES string of the molecule is COCCCNC(=O)COCC1(N)CCCCCC1. The van der Waals surface area contributed by atoms with Gasteiger partial charge in [-0.05, 0) is 19.3 Å². The first-order valence-electron chi connectivity index (χ1n) is 7.28. The van der Waals surface area contributed by atoms with Gasteiger partial charge in [0.15, 0.2) is 0 Å². The molecular weight excluding hydrogens is 244 g/mol. The lowest BCUT2D eigenvalue weighted by atomic mass is 9.93. The molecule has 0 radical (unpaired) electrons. The number of amides is 1. The van der Waals surface area contributed by atoms with Crippen LogP contribution >= 0.6 is 0 Å². The van der Waals surface area contributed by atoms with Crippen LogP contribution in [0.25, 0.3) is 0 Å². The zero-order valence-electron chi connectivity index (χ0n) is 12.1. The average molecular weight is 272 g/mol. The Bertz CT molecular complexity index is 251. The van der Waals surface area contributed by atoms with Gasteiger partial charge in [0, 0.05) is 25.8 Å². The van der Waals surface area contributed by atoms with Crippen molar-refractivity contribution in [3.63, 3.8) is 0 Å². The fraction of sp³-hybridized carbons (Fsp3) is 0.929. The Morgan fingerprint density at radius 1 is 1.26 bits per heavy atom. The van der Waals surface area contributed by atoms with Gasteiger partial charge in [0.25, 0.3) is 0 Å². The van der Waals surface area contributed by atoms with E-state index >= 15 is 0 Å². The molecule has 0 aromatic heterocycles. The molecular formula is C14H28N2O3. The van der Waals surface area contributed by atoms with E-state index < -0.39 is 0 Å². The third-order valence-electron chi connectivity index (χ3n) is 3.57. The molecule has 19 heavy (non-hydrogen) atoms.